The quantitative estimate of drug-likeness (QED) is 0.735. The van der Waals surface area contributed by atoms with Crippen molar-refractivity contribution in [3.63, 3.8) is 0 Å². The van der Waals surface area contributed by atoms with Crippen molar-refractivity contribution in [2.45, 2.75) is 0 Å². The molecule has 0 aliphatic carbocycles. The molecule has 0 aromatic heterocycles. The molecule has 0 fully saturated rings. The zero-order valence-electron chi connectivity index (χ0n) is 13.4. The van der Waals surface area contributed by atoms with E-state index in [9.17, 15) is 13.6 Å². The average Bonchev–Trinajstić information content (AvgIpc) is 2.62. The third-order valence-electron chi connectivity index (χ3n) is 3.70. The summed E-state index contributed by atoms with van der Waals surface area (Å²) in [6, 6.07) is 16.8. The molecular weight excluding hydrogens is 324 g/mol. The molecule has 25 heavy (non-hydrogen) atoms. The number of carbonyl (C=O) groups is 1. The van der Waals surface area contributed by atoms with Gasteiger partial charge in [-0.2, -0.15) is 0 Å². The molecule has 3 rings (SSSR count). The van der Waals surface area contributed by atoms with Gasteiger partial charge in [-0.1, -0.05) is 24.3 Å². The summed E-state index contributed by atoms with van der Waals surface area (Å²) in [7, 11) is 1.52. The third kappa shape index (κ3) is 3.83. The number of ether oxygens (including phenoxy) is 1. The Labute approximate surface area is 143 Å². The highest BCUT2D eigenvalue weighted by molar-refractivity contribution is 6.05. The van der Waals surface area contributed by atoms with Gasteiger partial charge in [-0.25, -0.2) is 8.78 Å². The second-order valence-electron chi connectivity index (χ2n) is 5.39. The first-order valence-corrected chi connectivity index (χ1v) is 7.58. The first kappa shape index (κ1) is 16.6. The Kier molecular flexibility index (Phi) is 4.75. The van der Waals surface area contributed by atoms with Gasteiger partial charge in [-0.3, -0.25) is 4.79 Å². The van der Waals surface area contributed by atoms with E-state index in [1.807, 2.05) is 0 Å². The Balaban J connectivity index is 1.90. The van der Waals surface area contributed by atoms with Crippen molar-refractivity contribution in [2.24, 2.45) is 0 Å². The van der Waals surface area contributed by atoms with Crippen LogP contribution in [-0.4, -0.2) is 13.0 Å². The second kappa shape index (κ2) is 7.13. The lowest BCUT2D eigenvalue weighted by Crippen LogP contribution is -2.14. The van der Waals surface area contributed by atoms with E-state index in [1.165, 1.54) is 37.4 Å². The van der Waals surface area contributed by atoms with Crippen LogP contribution in [-0.2, 0) is 0 Å². The largest absolute Gasteiger partial charge is 0.497 e. The molecule has 3 nitrogen and oxygen atoms in total. The minimum atomic E-state index is -0.652. The van der Waals surface area contributed by atoms with Crippen LogP contribution >= 0.6 is 0 Å². The SMILES string of the molecule is COc1cccc(NC(=O)c2cc(-c3cccc(F)c3)ccc2F)c1. The molecule has 0 saturated carbocycles. The number of rotatable bonds is 4. The summed E-state index contributed by atoms with van der Waals surface area (Å²) in [5.41, 5.74) is 1.48. The zero-order valence-corrected chi connectivity index (χ0v) is 13.4. The van der Waals surface area contributed by atoms with Crippen LogP contribution in [0.1, 0.15) is 10.4 Å². The summed E-state index contributed by atoms with van der Waals surface area (Å²) in [5.74, 6) is -1.07. The lowest BCUT2D eigenvalue weighted by atomic mass is 10.0. The summed E-state index contributed by atoms with van der Waals surface area (Å²) >= 11 is 0. The minimum Gasteiger partial charge on any atom is -0.497 e. The maximum absolute atomic E-state index is 14.1. The van der Waals surface area contributed by atoms with Gasteiger partial charge in [0.15, 0.2) is 0 Å². The summed E-state index contributed by atoms with van der Waals surface area (Å²) in [6.07, 6.45) is 0. The first-order valence-electron chi connectivity index (χ1n) is 7.58. The van der Waals surface area contributed by atoms with Crippen LogP contribution < -0.4 is 10.1 Å². The molecule has 0 atom stereocenters. The van der Waals surface area contributed by atoms with Crippen LogP contribution in [0.25, 0.3) is 11.1 Å². The van der Waals surface area contributed by atoms with E-state index in [0.717, 1.165) is 0 Å². The van der Waals surface area contributed by atoms with Crippen molar-refractivity contribution in [1.82, 2.24) is 0 Å². The van der Waals surface area contributed by atoms with Gasteiger partial charge in [0.05, 0.1) is 12.7 Å². The fourth-order valence-electron chi connectivity index (χ4n) is 2.45. The molecule has 126 valence electrons. The highest BCUT2D eigenvalue weighted by atomic mass is 19.1. The van der Waals surface area contributed by atoms with Gasteiger partial charge in [-0.05, 0) is 47.5 Å². The molecule has 3 aromatic rings. The van der Waals surface area contributed by atoms with Crippen molar-refractivity contribution in [2.75, 3.05) is 12.4 Å². The predicted molar refractivity (Wildman–Crippen MR) is 92.7 cm³/mol. The van der Waals surface area contributed by atoms with E-state index in [4.69, 9.17) is 4.74 Å². The normalized spacial score (nSPS) is 10.4. The van der Waals surface area contributed by atoms with E-state index < -0.39 is 17.5 Å². The second-order valence-corrected chi connectivity index (χ2v) is 5.39. The van der Waals surface area contributed by atoms with Crippen molar-refractivity contribution < 1.29 is 18.3 Å². The Morgan fingerprint density at radius 1 is 0.920 bits per heavy atom. The number of hydrogen-bond donors (Lipinski definition) is 1. The number of nitrogens with one attached hydrogen (secondary N) is 1. The number of amides is 1. The van der Waals surface area contributed by atoms with Crippen LogP contribution in [0.4, 0.5) is 14.5 Å². The number of hydrogen-bond acceptors (Lipinski definition) is 2. The van der Waals surface area contributed by atoms with E-state index in [0.29, 0.717) is 22.6 Å². The molecular formula is C20H15F2NO2. The molecule has 0 radical (unpaired) electrons. The minimum absolute atomic E-state index is 0.121. The smallest absolute Gasteiger partial charge is 0.258 e. The van der Waals surface area contributed by atoms with Crippen LogP contribution in [0.3, 0.4) is 0 Å². The summed E-state index contributed by atoms with van der Waals surface area (Å²) in [4.78, 5) is 12.4. The molecule has 1 N–H and O–H groups in total. The summed E-state index contributed by atoms with van der Waals surface area (Å²) < 4.78 is 32.6. The highest BCUT2D eigenvalue weighted by Crippen LogP contribution is 2.24. The van der Waals surface area contributed by atoms with Crippen molar-refractivity contribution in [3.8, 4) is 16.9 Å². The molecule has 3 aromatic carbocycles. The van der Waals surface area contributed by atoms with E-state index >= 15 is 0 Å². The van der Waals surface area contributed by atoms with Crippen LogP contribution in [0.15, 0.2) is 66.7 Å². The first-order chi connectivity index (χ1) is 12.1. The van der Waals surface area contributed by atoms with Crippen LogP contribution in [0.5, 0.6) is 5.75 Å². The molecule has 0 unspecified atom stereocenters. The van der Waals surface area contributed by atoms with Crippen LogP contribution in [0, 0.1) is 11.6 Å². The fourth-order valence-corrected chi connectivity index (χ4v) is 2.45. The van der Waals surface area contributed by atoms with Crippen molar-refractivity contribution in [3.05, 3.63) is 83.9 Å². The topological polar surface area (TPSA) is 38.3 Å². The molecule has 1 amide bonds. The fraction of sp³-hybridized carbons (Fsp3) is 0.0500. The van der Waals surface area contributed by atoms with Gasteiger partial charge in [0.25, 0.3) is 5.91 Å². The number of benzene rings is 3. The zero-order chi connectivity index (χ0) is 17.8. The van der Waals surface area contributed by atoms with Gasteiger partial charge < -0.3 is 10.1 Å². The highest BCUT2D eigenvalue weighted by Gasteiger charge is 2.14. The Hall–Kier alpha value is -3.21. The Morgan fingerprint density at radius 3 is 2.44 bits per heavy atom. The van der Waals surface area contributed by atoms with Crippen molar-refractivity contribution >= 4 is 11.6 Å². The molecule has 0 bridgehead atoms. The number of halogens is 2. The van der Waals surface area contributed by atoms with E-state index in [-0.39, 0.29) is 5.56 Å². The summed E-state index contributed by atoms with van der Waals surface area (Å²) in [6.45, 7) is 0. The number of carbonyl (C=O) groups excluding carboxylic acids is 1. The Bertz CT molecular complexity index is 925. The van der Waals surface area contributed by atoms with Crippen molar-refractivity contribution in [1.29, 1.82) is 0 Å². The van der Waals surface area contributed by atoms with Gasteiger partial charge in [-0.15, -0.1) is 0 Å². The van der Waals surface area contributed by atoms with Crippen LogP contribution in [0.2, 0.25) is 0 Å². The van der Waals surface area contributed by atoms with E-state index in [1.54, 1.807) is 36.4 Å². The predicted octanol–water partition coefficient (Wildman–Crippen LogP) is 4.89. The maximum Gasteiger partial charge on any atom is 0.258 e. The molecule has 0 spiro atoms. The maximum atomic E-state index is 14.1. The van der Waals surface area contributed by atoms with Gasteiger partial charge in [0, 0.05) is 11.8 Å². The average molecular weight is 339 g/mol. The third-order valence-corrected chi connectivity index (χ3v) is 3.70. The van der Waals surface area contributed by atoms with Gasteiger partial charge >= 0.3 is 0 Å². The summed E-state index contributed by atoms with van der Waals surface area (Å²) in [5, 5.41) is 2.63. The lowest BCUT2D eigenvalue weighted by molar-refractivity contribution is 0.102. The standard InChI is InChI=1S/C20H15F2NO2/c1-25-17-7-3-6-16(12-17)23-20(24)18-11-14(8-9-19(18)22)13-4-2-5-15(21)10-13/h2-12H,1H3,(H,23,24). The molecule has 0 heterocycles. The molecule has 0 aliphatic heterocycles. The molecule has 0 saturated heterocycles. The monoisotopic (exact) mass is 339 g/mol. The van der Waals surface area contributed by atoms with E-state index in [2.05, 4.69) is 5.32 Å². The number of methoxy groups -OCH3 is 1. The molecule has 0 aliphatic rings. The Morgan fingerprint density at radius 2 is 1.68 bits per heavy atom. The lowest BCUT2D eigenvalue weighted by Gasteiger charge is -2.09. The number of anilines is 1. The van der Waals surface area contributed by atoms with Gasteiger partial charge in [0.1, 0.15) is 17.4 Å². The molecule has 5 heteroatoms. The van der Waals surface area contributed by atoms with Gasteiger partial charge in [0.2, 0.25) is 0 Å².